The summed E-state index contributed by atoms with van der Waals surface area (Å²) < 4.78 is 5.68. The van der Waals surface area contributed by atoms with E-state index in [0.717, 1.165) is 25.9 Å². The van der Waals surface area contributed by atoms with Crippen molar-refractivity contribution in [1.29, 1.82) is 0 Å². The number of nitrogens with zero attached hydrogens (tertiary/aromatic N) is 1. The maximum Gasteiger partial charge on any atom is 0.338 e. The third kappa shape index (κ3) is 3.62. The second kappa shape index (κ2) is 6.44. The molecule has 120 valence electrons. The molecule has 22 heavy (non-hydrogen) atoms. The van der Waals surface area contributed by atoms with Gasteiger partial charge in [0.1, 0.15) is 5.60 Å². The minimum absolute atomic E-state index is 0.00849. The molecule has 1 aliphatic heterocycles. The second-order valence-corrected chi connectivity index (χ2v) is 6.28. The smallest absolute Gasteiger partial charge is 0.338 e. The molecule has 6 heteroatoms. The Kier molecular flexibility index (Phi) is 4.81. The summed E-state index contributed by atoms with van der Waals surface area (Å²) in [5, 5.41) is 14.1. The van der Waals surface area contributed by atoms with E-state index in [4.69, 9.17) is 4.74 Å². The van der Waals surface area contributed by atoms with Crippen LogP contribution < -0.4 is 5.32 Å². The molecule has 0 aliphatic carbocycles. The van der Waals surface area contributed by atoms with E-state index in [1.807, 2.05) is 13.8 Å². The Morgan fingerprint density at radius 2 is 2.00 bits per heavy atom. The van der Waals surface area contributed by atoms with Gasteiger partial charge in [0.2, 0.25) is 0 Å². The highest BCUT2D eigenvalue weighted by Crippen LogP contribution is 2.30. The number of rotatable bonds is 4. The third-order valence-corrected chi connectivity index (χ3v) is 4.31. The van der Waals surface area contributed by atoms with E-state index in [9.17, 15) is 14.9 Å². The van der Waals surface area contributed by atoms with E-state index in [0.29, 0.717) is 17.0 Å². The molecule has 0 unspecified atom stereocenters. The minimum Gasteiger partial charge on any atom is -0.456 e. The maximum absolute atomic E-state index is 12.3. The first-order valence-corrected chi connectivity index (χ1v) is 7.50. The van der Waals surface area contributed by atoms with E-state index in [-0.39, 0.29) is 5.69 Å². The summed E-state index contributed by atoms with van der Waals surface area (Å²) in [6.07, 6.45) is 1.94. The number of hydrogen-bond donors (Lipinski definition) is 1. The SMILES string of the molecule is Cc1cc(C(=O)OC(C)(C)C2CCNCC2)ccc1[N+](=O)[O-]. The highest BCUT2D eigenvalue weighted by Gasteiger charge is 2.34. The fraction of sp³-hybridized carbons (Fsp3) is 0.562. The van der Waals surface area contributed by atoms with Crippen molar-refractivity contribution in [2.45, 2.75) is 39.2 Å². The first-order chi connectivity index (χ1) is 10.3. The van der Waals surface area contributed by atoms with Gasteiger partial charge in [-0.05, 0) is 58.8 Å². The number of carbonyl (C=O) groups is 1. The number of nitrogens with one attached hydrogen (secondary N) is 1. The number of benzene rings is 1. The van der Waals surface area contributed by atoms with Crippen molar-refractivity contribution in [1.82, 2.24) is 5.32 Å². The zero-order valence-electron chi connectivity index (χ0n) is 13.2. The first kappa shape index (κ1) is 16.4. The predicted octanol–water partition coefficient (Wildman–Crippen LogP) is 2.84. The summed E-state index contributed by atoms with van der Waals surface area (Å²) in [4.78, 5) is 22.7. The van der Waals surface area contributed by atoms with Gasteiger partial charge < -0.3 is 10.1 Å². The number of ether oxygens (including phenoxy) is 1. The van der Waals surface area contributed by atoms with Crippen molar-refractivity contribution in [2.75, 3.05) is 13.1 Å². The van der Waals surface area contributed by atoms with Crippen LogP contribution >= 0.6 is 0 Å². The fourth-order valence-electron chi connectivity index (χ4n) is 2.89. The van der Waals surface area contributed by atoms with Gasteiger partial charge in [-0.3, -0.25) is 10.1 Å². The van der Waals surface area contributed by atoms with Gasteiger partial charge in [-0.15, -0.1) is 0 Å². The van der Waals surface area contributed by atoms with Crippen LogP contribution in [0.25, 0.3) is 0 Å². The van der Waals surface area contributed by atoms with Gasteiger partial charge in [-0.2, -0.15) is 0 Å². The number of nitro groups is 1. The van der Waals surface area contributed by atoms with Gasteiger partial charge in [0, 0.05) is 17.5 Å². The summed E-state index contributed by atoms with van der Waals surface area (Å²) in [6, 6.07) is 4.31. The Balaban J connectivity index is 2.11. The summed E-state index contributed by atoms with van der Waals surface area (Å²) in [5.41, 5.74) is 0.271. The molecule has 1 N–H and O–H groups in total. The van der Waals surface area contributed by atoms with E-state index < -0.39 is 16.5 Å². The zero-order chi connectivity index (χ0) is 16.3. The number of carbonyl (C=O) groups excluding carboxylic acids is 1. The molecule has 0 saturated carbocycles. The molecule has 1 fully saturated rings. The molecule has 0 atom stereocenters. The van der Waals surface area contributed by atoms with Crippen LogP contribution in [-0.2, 0) is 4.74 Å². The van der Waals surface area contributed by atoms with Crippen LogP contribution in [0.1, 0.15) is 42.6 Å². The normalized spacial score (nSPS) is 16.3. The molecule has 0 amide bonds. The second-order valence-electron chi connectivity index (χ2n) is 6.28. The molecular formula is C16H22N2O4. The van der Waals surface area contributed by atoms with E-state index in [1.54, 1.807) is 6.92 Å². The summed E-state index contributed by atoms with van der Waals surface area (Å²) in [5.74, 6) is -0.113. The van der Waals surface area contributed by atoms with Crippen molar-refractivity contribution in [3.63, 3.8) is 0 Å². The molecule has 0 bridgehead atoms. The third-order valence-electron chi connectivity index (χ3n) is 4.31. The van der Waals surface area contributed by atoms with Gasteiger partial charge in [-0.25, -0.2) is 4.79 Å². The van der Waals surface area contributed by atoms with Crippen LogP contribution in [0.4, 0.5) is 5.69 Å². The van der Waals surface area contributed by atoms with E-state index in [1.165, 1.54) is 18.2 Å². The van der Waals surface area contributed by atoms with Gasteiger partial charge in [0.25, 0.3) is 5.69 Å². The Labute approximate surface area is 130 Å². The van der Waals surface area contributed by atoms with Gasteiger partial charge >= 0.3 is 5.97 Å². The molecular weight excluding hydrogens is 284 g/mol. The van der Waals surface area contributed by atoms with Crippen LogP contribution in [0, 0.1) is 23.0 Å². The number of nitro benzene ring substituents is 1. The van der Waals surface area contributed by atoms with Gasteiger partial charge in [0.05, 0.1) is 10.5 Å². The Morgan fingerprint density at radius 3 is 2.55 bits per heavy atom. The number of piperidine rings is 1. The zero-order valence-corrected chi connectivity index (χ0v) is 13.2. The maximum atomic E-state index is 12.3. The standard InChI is InChI=1S/C16H22N2O4/c1-11-10-12(4-5-14(11)18(20)21)15(19)22-16(2,3)13-6-8-17-9-7-13/h4-5,10,13,17H,6-9H2,1-3H3. The molecule has 0 radical (unpaired) electrons. The number of hydrogen-bond acceptors (Lipinski definition) is 5. The summed E-state index contributed by atoms with van der Waals surface area (Å²) >= 11 is 0. The fourth-order valence-corrected chi connectivity index (χ4v) is 2.89. The lowest BCUT2D eigenvalue weighted by atomic mass is 9.83. The topological polar surface area (TPSA) is 81.5 Å². The molecule has 0 spiro atoms. The van der Waals surface area contributed by atoms with Crippen LogP contribution in [0.3, 0.4) is 0 Å². The lowest BCUT2D eigenvalue weighted by Gasteiger charge is -2.36. The van der Waals surface area contributed by atoms with Gasteiger partial charge in [-0.1, -0.05) is 0 Å². The largest absolute Gasteiger partial charge is 0.456 e. The number of esters is 1. The van der Waals surface area contributed by atoms with E-state index >= 15 is 0 Å². The van der Waals surface area contributed by atoms with Crippen molar-refractivity contribution in [3.05, 3.63) is 39.4 Å². The quantitative estimate of drug-likeness (QED) is 0.525. The van der Waals surface area contributed by atoms with Crippen LogP contribution in [0.2, 0.25) is 0 Å². The molecule has 0 aromatic heterocycles. The molecule has 1 heterocycles. The predicted molar refractivity (Wildman–Crippen MR) is 82.9 cm³/mol. The van der Waals surface area contributed by atoms with Crippen molar-refractivity contribution in [2.24, 2.45) is 5.92 Å². The molecule has 1 aromatic carbocycles. The Morgan fingerprint density at radius 1 is 1.36 bits per heavy atom. The first-order valence-electron chi connectivity index (χ1n) is 7.50. The van der Waals surface area contributed by atoms with Crippen molar-refractivity contribution < 1.29 is 14.5 Å². The van der Waals surface area contributed by atoms with Crippen LogP contribution in [0.15, 0.2) is 18.2 Å². The molecule has 1 aromatic rings. The average Bonchev–Trinajstić information content (AvgIpc) is 2.47. The van der Waals surface area contributed by atoms with Gasteiger partial charge in [0.15, 0.2) is 0 Å². The van der Waals surface area contributed by atoms with Crippen molar-refractivity contribution in [3.8, 4) is 0 Å². The Hall–Kier alpha value is -1.95. The van der Waals surface area contributed by atoms with E-state index in [2.05, 4.69) is 5.32 Å². The molecule has 1 aliphatic rings. The number of aryl methyl sites for hydroxylation is 1. The molecule has 2 rings (SSSR count). The molecule has 6 nitrogen and oxygen atoms in total. The monoisotopic (exact) mass is 306 g/mol. The Bertz CT molecular complexity index is 578. The average molecular weight is 306 g/mol. The lowest BCUT2D eigenvalue weighted by Crippen LogP contribution is -2.42. The highest BCUT2D eigenvalue weighted by molar-refractivity contribution is 5.90. The highest BCUT2D eigenvalue weighted by atomic mass is 16.6. The summed E-state index contributed by atoms with van der Waals surface area (Å²) in [6.45, 7) is 7.34. The van der Waals surface area contributed by atoms with Crippen LogP contribution in [-0.4, -0.2) is 29.6 Å². The summed E-state index contributed by atoms with van der Waals surface area (Å²) in [7, 11) is 0. The molecule has 1 saturated heterocycles. The lowest BCUT2D eigenvalue weighted by molar-refractivity contribution is -0.385. The van der Waals surface area contributed by atoms with Crippen LogP contribution in [0.5, 0.6) is 0 Å². The van der Waals surface area contributed by atoms with Crippen molar-refractivity contribution >= 4 is 11.7 Å². The minimum atomic E-state index is -0.547.